The molecule has 0 bridgehead atoms. The lowest BCUT2D eigenvalue weighted by Crippen LogP contribution is -2.21. The van der Waals surface area contributed by atoms with Gasteiger partial charge >= 0.3 is 4.87 Å². The lowest BCUT2D eigenvalue weighted by molar-refractivity contribution is 0.350. The van der Waals surface area contributed by atoms with Crippen LogP contribution in [0.2, 0.25) is 0 Å². The highest BCUT2D eigenvalue weighted by Crippen LogP contribution is 2.24. The number of amidine groups is 1. The maximum absolute atomic E-state index is 11.4. The summed E-state index contributed by atoms with van der Waals surface area (Å²) >= 11 is 1.18. The summed E-state index contributed by atoms with van der Waals surface area (Å²) in [5, 5.41) is 15.2. The predicted octanol–water partition coefficient (Wildman–Crippen LogP) is 1.50. The fourth-order valence-electron chi connectivity index (χ4n) is 2.53. The van der Waals surface area contributed by atoms with Gasteiger partial charge in [-0.05, 0) is 30.2 Å². The Morgan fingerprint density at radius 1 is 1.33 bits per heavy atom. The van der Waals surface area contributed by atoms with E-state index in [0.717, 1.165) is 33.1 Å². The Morgan fingerprint density at radius 2 is 2.25 bits per heavy atom. The molecule has 3 aromatic rings. The number of hydrogen-bond acceptors (Lipinski definition) is 6. The molecule has 3 heterocycles. The summed E-state index contributed by atoms with van der Waals surface area (Å²) in [6.45, 7) is 0.262. The van der Waals surface area contributed by atoms with Crippen molar-refractivity contribution in [2.24, 2.45) is 4.99 Å². The Bertz CT molecular complexity index is 1060. The molecule has 1 aliphatic rings. The number of H-pyrrole nitrogens is 2. The van der Waals surface area contributed by atoms with Crippen LogP contribution in [0.1, 0.15) is 11.3 Å². The van der Waals surface area contributed by atoms with Gasteiger partial charge < -0.3 is 25.7 Å². The van der Waals surface area contributed by atoms with Crippen molar-refractivity contribution in [2.75, 3.05) is 23.9 Å². The first kappa shape index (κ1) is 14.6. The van der Waals surface area contributed by atoms with Crippen LogP contribution in [-0.4, -0.2) is 34.2 Å². The summed E-state index contributed by atoms with van der Waals surface area (Å²) in [5.41, 5.74) is 3.27. The fourth-order valence-corrected chi connectivity index (χ4v) is 3.31. The third-order valence-electron chi connectivity index (χ3n) is 3.55. The number of rotatable bonds is 1. The fraction of sp³-hybridized carbons (Fsp3) is 0.125. The summed E-state index contributed by atoms with van der Waals surface area (Å²) in [4.78, 5) is 21.7. The van der Waals surface area contributed by atoms with E-state index in [1.54, 1.807) is 0 Å². The van der Waals surface area contributed by atoms with E-state index in [1.165, 1.54) is 11.3 Å². The van der Waals surface area contributed by atoms with E-state index in [0.29, 0.717) is 12.4 Å². The lowest BCUT2D eigenvalue weighted by Gasteiger charge is -2.16. The van der Waals surface area contributed by atoms with Gasteiger partial charge in [-0.15, -0.1) is 0 Å². The minimum absolute atomic E-state index is 0.0682. The number of benzene rings is 1. The minimum Gasteiger partial charge on any atom is -0.384 e. The highest BCUT2D eigenvalue weighted by molar-refractivity contribution is 7.16. The van der Waals surface area contributed by atoms with Crippen LogP contribution in [0.4, 0.5) is 11.5 Å². The Morgan fingerprint density at radius 3 is 3.12 bits per heavy atom. The molecule has 0 fully saturated rings. The van der Waals surface area contributed by atoms with Crippen molar-refractivity contribution in [3.05, 3.63) is 45.2 Å². The van der Waals surface area contributed by atoms with Gasteiger partial charge in [-0.25, -0.2) is 4.99 Å². The number of hydrogen-bond donors (Lipinski definition) is 5. The van der Waals surface area contributed by atoms with Crippen LogP contribution in [0, 0.1) is 11.8 Å². The van der Waals surface area contributed by atoms with E-state index in [2.05, 4.69) is 37.4 Å². The molecule has 0 saturated heterocycles. The molecule has 0 atom stereocenters. The molecule has 0 aliphatic carbocycles. The van der Waals surface area contributed by atoms with Crippen LogP contribution in [0.25, 0.3) is 10.2 Å². The number of aromatic amines is 2. The van der Waals surface area contributed by atoms with Crippen LogP contribution in [0.15, 0.2) is 34.1 Å². The molecular formula is C16H13N5O2S. The molecule has 1 aliphatic heterocycles. The van der Waals surface area contributed by atoms with Crippen molar-refractivity contribution >= 4 is 38.9 Å². The first-order chi connectivity index (χ1) is 11.7. The normalized spacial score (nSPS) is 12.8. The third kappa shape index (κ3) is 2.67. The van der Waals surface area contributed by atoms with Gasteiger partial charge in [0.1, 0.15) is 24.9 Å². The molecule has 0 saturated carbocycles. The van der Waals surface area contributed by atoms with Gasteiger partial charge in [0.25, 0.3) is 0 Å². The molecule has 0 radical (unpaired) electrons. The van der Waals surface area contributed by atoms with Crippen molar-refractivity contribution in [3.63, 3.8) is 0 Å². The molecule has 4 rings (SSSR count). The van der Waals surface area contributed by atoms with Gasteiger partial charge in [-0.2, -0.15) is 0 Å². The highest BCUT2D eigenvalue weighted by Gasteiger charge is 2.17. The summed E-state index contributed by atoms with van der Waals surface area (Å²) < 4.78 is 0.892. The average molecular weight is 339 g/mol. The molecule has 2 aromatic heterocycles. The first-order valence-electron chi connectivity index (χ1n) is 7.24. The van der Waals surface area contributed by atoms with Gasteiger partial charge in [0.2, 0.25) is 0 Å². The molecule has 0 amide bonds. The average Bonchev–Trinajstić information content (AvgIpc) is 3.15. The van der Waals surface area contributed by atoms with E-state index in [4.69, 9.17) is 5.11 Å². The van der Waals surface area contributed by atoms with Crippen LogP contribution in [0.5, 0.6) is 0 Å². The zero-order chi connectivity index (χ0) is 16.5. The van der Waals surface area contributed by atoms with E-state index < -0.39 is 0 Å². The molecule has 8 heteroatoms. The monoisotopic (exact) mass is 339 g/mol. The number of aliphatic hydroxyl groups excluding tert-OH is 1. The van der Waals surface area contributed by atoms with Gasteiger partial charge in [-0.1, -0.05) is 17.3 Å². The first-order valence-corrected chi connectivity index (χ1v) is 8.06. The van der Waals surface area contributed by atoms with Gasteiger partial charge in [0.05, 0.1) is 21.5 Å². The highest BCUT2D eigenvalue weighted by atomic mass is 32.1. The zero-order valence-corrected chi connectivity index (χ0v) is 13.3. The van der Waals surface area contributed by atoms with E-state index >= 15 is 0 Å². The molecule has 0 unspecified atom stereocenters. The zero-order valence-electron chi connectivity index (χ0n) is 12.4. The number of nitrogens with zero attached hydrogens (tertiary/aromatic N) is 1. The van der Waals surface area contributed by atoms with Crippen molar-refractivity contribution < 1.29 is 5.11 Å². The van der Waals surface area contributed by atoms with E-state index in [9.17, 15) is 4.79 Å². The Kier molecular flexibility index (Phi) is 3.57. The topological polar surface area (TPSA) is 105 Å². The van der Waals surface area contributed by atoms with Gasteiger partial charge in [0, 0.05) is 5.69 Å². The lowest BCUT2D eigenvalue weighted by atomic mass is 10.2. The maximum Gasteiger partial charge on any atom is 0.305 e. The van der Waals surface area contributed by atoms with Crippen LogP contribution >= 0.6 is 11.3 Å². The molecule has 7 nitrogen and oxygen atoms in total. The van der Waals surface area contributed by atoms with E-state index in [-0.39, 0.29) is 11.5 Å². The maximum atomic E-state index is 11.4. The Balaban J connectivity index is 1.65. The Labute approximate surface area is 140 Å². The number of aromatic nitrogens is 2. The molecular weight excluding hydrogens is 326 g/mol. The number of nitrogens with one attached hydrogen (secondary N) is 4. The second-order valence-electron chi connectivity index (χ2n) is 5.12. The summed E-state index contributed by atoms with van der Waals surface area (Å²) in [6.07, 6.45) is 0. The van der Waals surface area contributed by atoms with Crippen LogP contribution in [0.3, 0.4) is 0 Å². The van der Waals surface area contributed by atoms with Crippen molar-refractivity contribution in [2.45, 2.75) is 0 Å². The molecule has 5 N–H and O–H groups in total. The Hall–Kier alpha value is -3.02. The number of aliphatic imine (C=N–C) groups is 1. The predicted molar refractivity (Wildman–Crippen MR) is 95.9 cm³/mol. The van der Waals surface area contributed by atoms with Crippen molar-refractivity contribution in [1.82, 2.24) is 9.97 Å². The summed E-state index contributed by atoms with van der Waals surface area (Å²) in [6, 6.07) is 7.56. The van der Waals surface area contributed by atoms with Gasteiger partial charge in [-0.3, -0.25) is 4.79 Å². The second kappa shape index (κ2) is 5.88. The van der Waals surface area contributed by atoms with Gasteiger partial charge in [0.15, 0.2) is 0 Å². The van der Waals surface area contributed by atoms with E-state index in [1.807, 2.05) is 24.3 Å². The molecule has 1 aromatic carbocycles. The standard InChI is InChI=1S/C16H13N5O2S/c22-5-1-2-9-6-11-14(19-9)17-8-18-15(11)20-10-3-4-12-13(7-10)24-16(23)21-12/h3-4,6-7,17,19,22H,5,8H2,(H,18,20)(H,21,23). The number of thiazole rings is 1. The molecule has 120 valence electrons. The smallest absolute Gasteiger partial charge is 0.305 e. The number of anilines is 2. The number of aliphatic hydroxyl groups is 1. The second-order valence-corrected chi connectivity index (χ2v) is 6.14. The van der Waals surface area contributed by atoms with Crippen LogP contribution in [-0.2, 0) is 0 Å². The van der Waals surface area contributed by atoms with Crippen molar-refractivity contribution in [1.29, 1.82) is 0 Å². The molecule has 24 heavy (non-hydrogen) atoms. The van der Waals surface area contributed by atoms with Crippen molar-refractivity contribution in [3.8, 4) is 11.8 Å². The largest absolute Gasteiger partial charge is 0.384 e. The number of fused-ring (bicyclic) bond motifs is 2. The minimum atomic E-state index is -0.185. The SMILES string of the molecule is O=c1[nH]c2ccc(NC3=NCNc4[nH]c(C#CCO)cc43)cc2s1. The van der Waals surface area contributed by atoms with Crippen LogP contribution < -0.4 is 15.5 Å². The molecule has 0 spiro atoms. The summed E-state index contributed by atoms with van der Waals surface area (Å²) in [5.74, 6) is 7.02. The third-order valence-corrected chi connectivity index (χ3v) is 4.40. The quantitative estimate of drug-likeness (QED) is 0.433. The summed E-state index contributed by atoms with van der Waals surface area (Å²) in [7, 11) is 0.